The van der Waals surface area contributed by atoms with E-state index < -0.39 is 46.9 Å². The second-order valence-corrected chi connectivity index (χ2v) is 8.26. The molecule has 0 amide bonds. The van der Waals surface area contributed by atoms with E-state index in [4.69, 9.17) is 9.29 Å². The van der Waals surface area contributed by atoms with Gasteiger partial charge in [-0.25, -0.2) is 4.28 Å². The minimum atomic E-state index is -4.78. The maximum Gasteiger partial charge on any atom is 0.466 e. The van der Waals surface area contributed by atoms with E-state index in [0.29, 0.717) is 12.3 Å². The number of aliphatic hydroxyl groups is 4. The Balaban J connectivity index is 2.83. The molecule has 0 saturated carbocycles. The summed E-state index contributed by atoms with van der Waals surface area (Å²) in [7, 11) is -4.78. The van der Waals surface area contributed by atoms with E-state index in [-0.39, 0.29) is 11.5 Å². The molecule has 0 aliphatic carbocycles. The fraction of sp³-hybridized carbons (Fsp3) is 0.923. The van der Waals surface area contributed by atoms with E-state index >= 15 is 0 Å². The highest BCUT2D eigenvalue weighted by Gasteiger charge is 2.44. The third-order valence-electron chi connectivity index (χ3n) is 3.51. The van der Waals surface area contributed by atoms with E-state index in [1.54, 1.807) is 0 Å². The van der Waals surface area contributed by atoms with E-state index in [0.717, 1.165) is 18.2 Å². The van der Waals surface area contributed by atoms with Gasteiger partial charge in [0.2, 0.25) is 0 Å². The minimum absolute atomic E-state index is 0.114. The molecule has 1 aliphatic rings. The Morgan fingerprint density at radius 2 is 1.88 bits per heavy atom. The number of thioether (sulfide) groups is 1. The molecule has 0 radical (unpaired) electrons. The quantitative estimate of drug-likeness (QED) is 0.154. The lowest BCUT2D eigenvalue weighted by atomic mass is 10.0. The summed E-state index contributed by atoms with van der Waals surface area (Å²) >= 11 is 0.786. The molecule has 1 aliphatic heterocycles. The minimum Gasteiger partial charge on any atom is -0.394 e. The van der Waals surface area contributed by atoms with Crippen LogP contribution in [0.15, 0.2) is 5.16 Å². The highest BCUT2D eigenvalue weighted by Crippen LogP contribution is 2.30. The first kappa shape index (κ1) is 22.6. The Hall–Kier alpha value is -0.470. The van der Waals surface area contributed by atoms with Crippen molar-refractivity contribution in [3.8, 4) is 0 Å². The second kappa shape index (κ2) is 10.0. The number of nitrogens with zero attached hydrogens (tertiary/aromatic N) is 1. The average molecular weight is 403 g/mol. The zero-order chi connectivity index (χ0) is 19.2. The van der Waals surface area contributed by atoms with Gasteiger partial charge in [0.05, 0.1) is 6.61 Å². The Morgan fingerprint density at radius 1 is 1.24 bits per heavy atom. The molecule has 0 aromatic rings. The van der Waals surface area contributed by atoms with Crippen molar-refractivity contribution < 1.29 is 42.4 Å². The van der Waals surface area contributed by atoms with Gasteiger partial charge in [0.15, 0.2) is 0 Å². The van der Waals surface area contributed by atoms with Crippen LogP contribution in [0.2, 0.25) is 0 Å². The molecule has 1 heterocycles. The lowest BCUT2D eigenvalue weighted by Crippen LogP contribution is -2.57. The van der Waals surface area contributed by atoms with Crippen molar-refractivity contribution in [2.75, 3.05) is 6.61 Å². The average Bonchev–Trinajstić information content (AvgIpc) is 2.51. The van der Waals surface area contributed by atoms with Gasteiger partial charge in [0.25, 0.3) is 0 Å². The molecule has 5 atom stereocenters. The monoisotopic (exact) mass is 403 g/mol. The summed E-state index contributed by atoms with van der Waals surface area (Å²) in [5, 5.41) is 42.2. The van der Waals surface area contributed by atoms with Crippen molar-refractivity contribution in [1.82, 2.24) is 0 Å². The van der Waals surface area contributed by atoms with Crippen LogP contribution in [0.1, 0.15) is 33.1 Å². The zero-order valence-electron chi connectivity index (χ0n) is 13.9. The Labute approximate surface area is 150 Å². The number of oxime groups is 1. The van der Waals surface area contributed by atoms with Crippen LogP contribution in [0.4, 0.5) is 0 Å². The third kappa shape index (κ3) is 7.74. The van der Waals surface area contributed by atoms with Crippen molar-refractivity contribution in [3.63, 3.8) is 0 Å². The second-order valence-electron chi connectivity index (χ2n) is 6.09. The summed E-state index contributed by atoms with van der Waals surface area (Å²) in [5.74, 6) is 0.404. The lowest BCUT2D eigenvalue weighted by Gasteiger charge is -2.39. The highest BCUT2D eigenvalue weighted by molar-refractivity contribution is 8.14. The molecule has 5 N–H and O–H groups in total. The summed E-state index contributed by atoms with van der Waals surface area (Å²) in [5.41, 5.74) is -1.11. The summed E-state index contributed by atoms with van der Waals surface area (Å²) in [6.07, 6.45) is -3.89. The summed E-state index contributed by atoms with van der Waals surface area (Å²) in [6, 6.07) is 0. The first-order valence-electron chi connectivity index (χ1n) is 7.75. The topological polar surface area (TPSA) is 166 Å². The van der Waals surface area contributed by atoms with Gasteiger partial charge in [-0.15, -0.1) is 0 Å². The SMILES string of the molecule is CC(C)CCCC(=NOS(=O)(=O)O)SC1OC(CO)C(O)C(O)C1O. The van der Waals surface area contributed by atoms with Crippen LogP contribution >= 0.6 is 11.8 Å². The number of hydrogen-bond acceptors (Lipinski definition) is 10. The molecular formula is C13H25NO9S2. The zero-order valence-corrected chi connectivity index (χ0v) is 15.6. The van der Waals surface area contributed by atoms with Gasteiger partial charge in [-0.3, -0.25) is 4.55 Å². The molecule has 10 nitrogen and oxygen atoms in total. The van der Waals surface area contributed by atoms with Crippen LogP contribution in [0.3, 0.4) is 0 Å². The number of hydrogen-bond donors (Lipinski definition) is 5. The molecule has 1 saturated heterocycles. The third-order valence-corrected chi connectivity index (χ3v) is 4.94. The molecule has 0 spiro atoms. The predicted molar refractivity (Wildman–Crippen MR) is 90.1 cm³/mol. The molecule has 0 aromatic heterocycles. The van der Waals surface area contributed by atoms with Crippen LogP contribution < -0.4 is 0 Å². The van der Waals surface area contributed by atoms with Crippen LogP contribution in [0.5, 0.6) is 0 Å². The van der Waals surface area contributed by atoms with Gasteiger partial charge in [0, 0.05) is 0 Å². The molecule has 1 rings (SSSR count). The first-order valence-corrected chi connectivity index (χ1v) is 9.99. The van der Waals surface area contributed by atoms with Crippen molar-refractivity contribution in [3.05, 3.63) is 0 Å². The normalized spacial score (nSPS) is 31.4. The number of rotatable bonds is 8. The van der Waals surface area contributed by atoms with Crippen LogP contribution in [0, 0.1) is 5.92 Å². The molecule has 5 unspecified atom stereocenters. The van der Waals surface area contributed by atoms with Crippen molar-refractivity contribution in [2.24, 2.45) is 11.1 Å². The molecular weight excluding hydrogens is 378 g/mol. The van der Waals surface area contributed by atoms with Gasteiger partial charge in [0.1, 0.15) is 34.9 Å². The molecule has 25 heavy (non-hydrogen) atoms. The summed E-state index contributed by atoms with van der Waals surface area (Å²) < 4.78 is 39.4. The standard InChI is InChI=1S/C13H25NO9S2/c1-7(2)4-3-5-9(14-23-25(19,20)21)24-13-12(18)11(17)10(16)8(6-15)22-13/h7-8,10-13,15-18H,3-6H2,1-2H3,(H,19,20,21). The van der Waals surface area contributed by atoms with E-state index in [2.05, 4.69) is 9.44 Å². The van der Waals surface area contributed by atoms with E-state index in [9.17, 15) is 28.8 Å². The van der Waals surface area contributed by atoms with E-state index in [1.165, 1.54) is 0 Å². The van der Waals surface area contributed by atoms with Crippen molar-refractivity contribution in [2.45, 2.75) is 63.0 Å². The van der Waals surface area contributed by atoms with Gasteiger partial charge in [-0.05, 0) is 18.8 Å². The largest absolute Gasteiger partial charge is 0.466 e. The number of aliphatic hydroxyl groups excluding tert-OH is 4. The van der Waals surface area contributed by atoms with Gasteiger partial charge < -0.3 is 25.2 Å². The molecule has 0 bridgehead atoms. The Morgan fingerprint density at radius 3 is 2.40 bits per heavy atom. The summed E-state index contributed by atoms with van der Waals surface area (Å²) in [4.78, 5) is 0. The smallest absolute Gasteiger partial charge is 0.394 e. The number of ether oxygens (including phenoxy) is 1. The van der Waals surface area contributed by atoms with Crippen LogP contribution in [-0.2, 0) is 19.4 Å². The fourth-order valence-corrected chi connectivity index (χ4v) is 3.52. The van der Waals surface area contributed by atoms with Crippen molar-refractivity contribution in [1.29, 1.82) is 0 Å². The lowest BCUT2D eigenvalue weighted by molar-refractivity contribution is -0.205. The van der Waals surface area contributed by atoms with Crippen molar-refractivity contribution >= 4 is 27.2 Å². The molecule has 0 aromatic carbocycles. The highest BCUT2D eigenvalue weighted by atomic mass is 32.3. The van der Waals surface area contributed by atoms with Gasteiger partial charge in [-0.1, -0.05) is 37.2 Å². The molecule has 12 heteroatoms. The van der Waals surface area contributed by atoms with E-state index in [1.807, 2.05) is 13.8 Å². The van der Waals surface area contributed by atoms with Crippen LogP contribution in [-0.4, -0.2) is 74.9 Å². The molecule has 148 valence electrons. The molecule has 1 fully saturated rings. The predicted octanol–water partition coefficient (Wildman–Crippen LogP) is -0.521. The summed E-state index contributed by atoms with van der Waals surface area (Å²) in [6.45, 7) is 3.44. The van der Waals surface area contributed by atoms with Crippen LogP contribution in [0.25, 0.3) is 0 Å². The Bertz CT molecular complexity index is 538. The maximum atomic E-state index is 10.7. The van der Waals surface area contributed by atoms with Gasteiger partial charge in [-0.2, -0.15) is 8.42 Å². The van der Waals surface area contributed by atoms with Gasteiger partial charge >= 0.3 is 10.4 Å². The fourth-order valence-electron chi connectivity index (χ4n) is 2.18. The maximum absolute atomic E-state index is 10.7. The Kier molecular flexibility index (Phi) is 9.04. The first-order chi connectivity index (χ1) is 11.5.